The molecule has 0 bridgehead atoms. The molecule has 0 atom stereocenters. The molecule has 0 spiro atoms. The lowest BCUT2D eigenvalue weighted by Crippen LogP contribution is -2.33. The second kappa shape index (κ2) is 6.15. The molecule has 0 aromatic carbocycles. The van der Waals surface area contributed by atoms with Crippen LogP contribution < -0.4 is 16.4 Å². The van der Waals surface area contributed by atoms with E-state index in [2.05, 4.69) is 31.5 Å². The number of aromatic nitrogens is 1. The molecule has 98 valence electrons. The van der Waals surface area contributed by atoms with Crippen LogP contribution in [-0.4, -0.2) is 29.0 Å². The average molecular weight is 318 g/mol. The van der Waals surface area contributed by atoms with Gasteiger partial charge < -0.3 is 16.4 Å². The van der Waals surface area contributed by atoms with Gasteiger partial charge in [0, 0.05) is 18.7 Å². The van der Waals surface area contributed by atoms with E-state index in [1.54, 1.807) is 6.92 Å². The molecule has 0 saturated carbocycles. The Morgan fingerprint density at radius 3 is 2.83 bits per heavy atom. The molecule has 8 nitrogen and oxygen atoms in total. The third-order valence-electron chi connectivity index (χ3n) is 2.15. The molecule has 9 heteroatoms. The van der Waals surface area contributed by atoms with Crippen LogP contribution in [0.3, 0.4) is 0 Å². The molecule has 0 radical (unpaired) electrons. The lowest BCUT2D eigenvalue weighted by atomic mass is 10.2. The van der Waals surface area contributed by atoms with Crippen LogP contribution in [0.5, 0.6) is 0 Å². The van der Waals surface area contributed by atoms with Crippen molar-refractivity contribution in [1.82, 2.24) is 10.3 Å². The maximum atomic E-state index is 10.7. The zero-order valence-electron chi connectivity index (χ0n) is 9.57. The van der Waals surface area contributed by atoms with Gasteiger partial charge in [0.15, 0.2) is 0 Å². The van der Waals surface area contributed by atoms with E-state index in [0.29, 0.717) is 28.9 Å². The van der Waals surface area contributed by atoms with Gasteiger partial charge in [-0.3, -0.25) is 10.1 Å². The van der Waals surface area contributed by atoms with E-state index in [1.165, 1.54) is 6.20 Å². The Morgan fingerprint density at radius 2 is 2.28 bits per heavy atom. The van der Waals surface area contributed by atoms with Gasteiger partial charge in [-0.15, -0.1) is 0 Å². The third-order valence-corrected chi connectivity index (χ3v) is 3.12. The molecule has 4 N–H and O–H groups in total. The van der Waals surface area contributed by atoms with Crippen molar-refractivity contribution in [3.63, 3.8) is 0 Å². The number of hydrogen-bond acceptors (Lipinski definition) is 5. The number of pyridine rings is 1. The van der Waals surface area contributed by atoms with E-state index in [1.807, 2.05) is 0 Å². The molecule has 0 fully saturated rings. The minimum absolute atomic E-state index is 0.0531. The van der Waals surface area contributed by atoms with Gasteiger partial charge in [-0.1, -0.05) is 0 Å². The van der Waals surface area contributed by atoms with Crippen molar-refractivity contribution in [2.24, 2.45) is 5.73 Å². The summed E-state index contributed by atoms with van der Waals surface area (Å²) in [6.45, 7) is 2.36. The number of amides is 2. The normalized spacial score (nSPS) is 9.89. The van der Waals surface area contributed by atoms with Crippen molar-refractivity contribution >= 4 is 33.5 Å². The van der Waals surface area contributed by atoms with Gasteiger partial charge in [0.25, 0.3) is 5.69 Å². The summed E-state index contributed by atoms with van der Waals surface area (Å²) in [6, 6.07) is -0.608. The summed E-state index contributed by atoms with van der Waals surface area (Å²) >= 11 is 3.24. The monoisotopic (exact) mass is 317 g/mol. The molecule has 1 heterocycles. The summed E-state index contributed by atoms with van der Waals surface area (Å²) in [5.74, 6) is 0.476. The first-order chi connectivity index (χ1) is 8.43. The van der Waals surface area contributed by atoms with Crippen molar-refractivity contribution in [3.05, 3.63) is 26.3 Å². The summed E-state index contributed by atoms with van der Waals surface area (Å²) < 4.78 is 0.524. The van der Waals surface area contributed by atoms with E-state index < -0.39 is 11.0 Å². The minimum Gasteiger partial charge on any atom is -0.367 e. The van der Waals surface area contributed by atoms with Crippen molar-refractivity contribution in [1.29, 1.82) is 0 Å². The summed E-state index contributed by atoms with van der Waals surface area (Å²) in [5, 5.41) is 16.0. The molecule has 1 rings (SSSR count). The Kier molecular flexibility index (Phi) is 4.84. The first kappa shape index (κ1) is 14.2. The fraction of sp³-hybridized carbons (Fsp3) is 0.333. The number of nitrogens with one attached hydrogen (secondary N) is 2. The number of carbonyl (C=O) groups excluding carboxylic acids is 1. The van der Waals surface area contributed by atoms with Crippen LogP contribution in [-0.2, 0) is 0 Å². The predicted molar refractivity (Wildman–Crippen MR) is 69.4 cm³/mol. The van der Waals surface area contributed by atoms with Gasteiger partial charge in [0.2, 0.25) is 0 Å². The molecule has 2 amide bonds. The van der Waals surface area contributed by atoms with E-state index in [4.69, 9.17) is 5.73 Å². The van der Waals surface area contributed by atoms with Crippen LogP contribution in [0.15, 0.2) is 10.7 Å². The Balaban J connectivity index is 2.71. The highest BCUT2D eigenvalue weighted by molar-refractivity contribution is 9.10. The number of anilines is 1. The smallest absolute Gasteiger partial charge is 0.312 e. The summed E-state index contributed by atoms with van der Waals surface area (Å²) in [6.07, 6.45) is 1.18. The summed E-state index contributed by atoms with van der Waals surface area (Å²) in [5.41, 5.74) is 5.33. The lowest BCUT2D eigenvalue weighted by Gasteiger charge is -2.09. The Bertz CT molecular complexity index is 480. The number of hydrogen-bond donors (Lipinski definition) is 3. The van der Waals surface area contributed by atoms with Gasteiger partial charge in [-0.2, -0.15) is 0 Å². The van der Waals surface area contributed by atoms with Crippen LogP contribution in [0.25, 0.3) is 0 Å². The zero-order chi connectivity index (χ0) is 13.7. The largest absolute Gasteiger partial charge is 0.367 e. The molecule has 0 saturated heterocycles. The second-order valence-corrected chi connectivity index (χ2v) is 4.20. The van der Waals surface area contributed by atoms with E-state index in [9.17, 15) is 14.9 Å². The predicted octanol–water partition coefficient (Wildman–Crippen LogP) is 1.14. The quantitative estimate of drug-likeness (QED) is 0.427. The first-order valence-corrected chi connectivity index (χ1v) is 5.79. The fourth-order valence-electron chi connectivity index (χ4n) is 1.24. The topological polar surface area (TPSA) is 123 Å². The van der Waals surface area contributed by atoms with Crippen LogP contribution in [0.4, 0.5) is 16.3 Å². The molecule has 18 heavy (non-hydrogen) atoms. The number of primary amides is 1. The second-order valence-electron chi connectivity index (χ2n) is 3.41. The Hall–Kier alpha value is -1.90. The standard InChI is InChI=1S/C9H12BrN5O3/c1-5-6(15(17)18)4-14-8(7(5)10)12-2-3-13-9(11)16/h4H,2-3H2,1H3,(H,12,14)(H3,11,13,16). The SMILES string of the molecule is Cc1c([N+](=O)[O-])cnc(NCCNC(N)=O)c1Br. The van der Waals surface area contributed by atoms with Crippen molar-refractivity contribution in [2.75, 3.05) is 18.4 Å². The number of carbonyl (C=O) groups is 1. The van der Waals surface area contributed by atoms with Crippen LogP contribution in [0.1, 0.15) is 5.56 Å². The molecule has 0 aliphatic heterocycles. The average Bonchev–Trinajstić information content (AvgIpc) is 2.29. The maximum absolute atomic E-state index is 10.7. The highest BCUT2D eigenvalue weighted by Gasteiger charge is 2.16. The van der Waals surface area contributed by atoms with Crippen LogP contribution >= 0.6 is 15.9 Å². The number of nitro groups is 1. The third kappa shape index (κ3) is 3.55. The van der Waals surface area contributed by atoms with Crippen LogP contribution in [0, 0.1) is 17.0 Å². The van der Waals surface area contributed by atoms with Gasteiger partial charge in [-0.05, 0) is 22.9 Å². The highest BCUT2D eigenvalue weighted by Crippen LogP contribution is 2.30. The zero-order valence-corrected chi connectivity index (χ0v) is 11.2. The highest BCUT2D eigenvalue weighted by atomic mass is 79.9. The van der Waals surface area contributed by atoms with E-state index >= 15 is 0 Å². The van der Waals surface area contributed by atoms with Crippen molar-refractivity contribution in [3.8, 4) is 0 Å². The molecule has 1 aromatic heterocycles. The number of nitrogens with zero attached hydrogens (tertiary/aromatic N) is 2. The van der Waals surface area contributed by atoms with Gasteiger partial charge in [-0.25, -0.2) is 9.78 Å². The first-order valence-electron chi connectivity index (χ1n) is 5.00. The molecular weight excluding hydrogens is 306 g/mol. The Labute approximate surface area is 111 Å². The summed E-state index contributed by atoms with van der Waals surface area (Å²) in [4.78, 5) is 24.6. The lowest BCUT2D eigenvalue weighted by molar-refractivity contribution is -0.385. The maximum Gasteiger partial charge on any atom is 0.312 e. The number of urea groups is 1. The molecule has 0 unspecified atom stereocenters. The number of nitrogens with two attached hydrogens (primary N) is 1. The minimum atomic E-state index is -0.608. The summed E-state index contributed by atoms with van der Waals surface area (Å²) in [7, 11) is 0. The molecular formula is C9H12BrN5O3. The fourth-order valence-corrected chi connectivity index (χ4v) is 1.69. The number of rotatable bonds is 5. The number of halogens is 1. The molecule has 1 aromatic rings. The van der Waals surface area contributed by atoms with Gasteiger partial charge in [0.1, 0.15) is 12.0 Å². The van der Waals surface area contributed by atoms with Gasteiger partial charge in [0.05, 0.1) is 9.40 Å². The van der Waals surface area contributed by atoms with Crippen molar-refractivity contribution in [2.45, 2.75) is 6.92 Å². The van der Waals surface area contributed by atoms with Crippen LogP contribution in [0.2, 0.25) is 0 Å². The van der Waals surface area contributed by atoms with Gasteiger partial charge >= 0.3 is 6.03 Å². The van der Waals surface area contributed by atoms with E-state index in [0.717, 1.165) is 0 Å². The van der Waals surface area contributed by atoms with Crippen molar-refractivity contribution < 1.29 is 9.72 Å². The van der Waals surface area contributed by atoms with E-state index in [-0.39, 0.29) is 5.69 Å². The Morgan fingerprint density at radius 1 is 1.61 bits per heavy atom. The molecule has 0 aliphatic carbocycles. The molecule has 0 aliphatic rings.